The third kappa shape index (κ3) is 4.85. The molecule has 0 aromatic heterocycles. The summed E-state index contributed by atoms with van der Waals surface area (Å²) in [7, 11) is -1.03. The minimum absolute atomic E-state index is 0.164. The van der Waals surface area contributed by atoms with Crippen LogP contribution in [0.2, 0.25) is 0 Å². The molecular weight excluding hydrogens is 346 g/mol. The molecular formula is C20H25N3O2S. The van der Waals surface area contributed by atoms with Gasteiger partial charge in [0.25, 0.3) is 0 Å². The van der Waals surface area contributed by atoms with E-state index in [0.717, 1.165) is 35.1 Å². The first kappa shape index (κ1) is 18.5. The van der Waals surface area contributed by atoms with Gasteiger partial charge in [0, 0.05) is 29.2 Å². The van der Waals surface area contributed by atoms with E-state index in [4.69, 9.17) is 4.74 Å². The normalized spacial score (nSPS) is 17.7. The Labute approximate surface area is 157 Å². The summed E-state index contributed by atoms with van der Waals surface area (Å²) in [6, 6.07) is 17.8. The molecule has 1 heterocycles. The van der Waals surface area contributed by atoms with Gasteiger partial charge in [0.05, 0.1) is 30.0 Å². The predicted molar refractivity (Wildman–Crippen MR) is 106 cm³/mol. The Morgan fingerprint density at radius 2 is 1.96 bits per heavy atom. The van der Waals surface area contributed by atoms with Gasteiger partial charge in [-0.3, -0.25) is 9.20 Å². The number of fused-ring (bicyclic) bond motifs is 1. The molecule has 2 aromatic carbocycles. The highest BCUT2D eigenvalue weighted by molar-refractivity contribution is 7.85. The van der Waals surface area contributed by atoms with Crippen LogP contribution in [0.15, 0.2) is 64.5 Å². The zero-order valence-corrected chi connectivity index (χ0v) is 15.8. The first-order valence-corrected chi connectivity index (χ1v) is 10.3. The fourth-order valence-electron chi connectivity index (χ4n) is 2.91. The lowest BCUT2D eigenvalue weighted by Crippen LogP contribution is -2.41. The first-order chi connectivity index (χ1) is 12.8. The quantitative estimate of drug-likeness (QED) is 0.605. The van der Waals surface area contributed by atoms with Gasteiger partial charge in [-0.15, -0.1) is 0 Å². The lowest BCUT2D eigenvalue weighted by atomic mass is 10.0. The third-order valence-corrected chi connectivity index (χ3v) is 5.52. The number of para-hydroxylation sites is 1. The van der Waals surface area contributed by atoms with Crippen molar-refractivity contribution < 1.29 is 8.95 Å². The molecule has 1 aliphatic heterocycles. The van der Waals surface area contributed by atoms with E-state index >= 15 is 0 Å². The van der Waals surface area contributed by atoms with E-state index in [0.29, 0.717) is 18.9 Å². The molecule has 2 N–H and O–H groups in total. The maximum absolute atomic E-state index is 12.3. The van der Waals surface area contributed by atoms with Crippen LogP contribution in [-0.4, -0.2) is 35.6 Å². The third-order valence-electron chi connectivity index (χ3n) is 4.17. The number of ether oxygens (including phenoxy) is 1. The zero-order valence-electron chi connectivity index (χ0n) is 15.0. The molecule has 138 valence electrons. The summed E-state index contributed by atoms with van der Waals surface area (Å²) in [5, 5.41) is 6.76. The zero-order chi connectivity index (χ0) is 18.2. The highest BCUT2D eigenvalue weighted by atomic mass is 32.2. The lowest BCUT2D eigenvalue weighted by Gasteiger charge is -2.28. The van der Waals surface area contributed by atoms with Crippen molar-refractivity contribution in [1.82, 2.24) is 10.6 Å². The lowest BCUT2D eigenvalue weighted by molar-refractivity contribution is 0.261. The Morgan fingerprint density at radius 3 is 2.77 bits per heavy atom. The average molecular weight is 372 g/mol. The molecule has 5 nitrogen and oxygen atoms in total. The van der Waals surface area contributed by atoms with Crippen molar-refractivity contribution in [2.24, 2.45) is 4.99 Å². The summed E-state index contributed by atoms with van der Waals surface area (Å²) in [6.07, 6.45) is 0.886. The number of rotatable bonds is 6. The van der Waals surface area contributed by atoms with Crippen molar-refractivity contribution in [3.8, 4) is 5.75 Å². The molecule has 0 fully saturated rings. The van der Waals surface area contributed by atoms with Gasteiger partial charge in [0.2, 0.25) is 0 Å². The minimum atomic E-state index is -1.03. The van der Waals surface area contributed by atoms with Gasteiger partial charge >= 0.3 is 0 Å². The molecule has 0 bridgehead atoms. The van der Waals surface area contributed by atoms with Crippen LogP contribution in [0.25, 0.3) is 0 Å². The monoisotopic (exact) mass is 371 g/mol. The smallest absolute Gasteiger partial charge is 0.191 e. The van der Waals surface area contributed by atoms with E-state index in [2.05, 4.69) is 21.7 Å². The van der Waals surface area contributed by atoms with E-state index in [-0.39, 0.29) is 6.04 Å². The SMILES string of the molecule is CCNC(=NCCS(=O)c1ccccc1)NC1CCOc2ccccc21. The number of hydrogen-bond donors (Lipinski definition) is 2. The van der Waals surface area contributed by atoms with Crippen molar-refractivity contribution in [3.63, 3.8) is 0 Å². The van der Waals surface area contributed by atoms with Crippen molar-refractivity contribution in [3.05, 3.63) is 60.2 Å². The van der Waals surface area contributed by atoms with E-state index < -0.39 is 10.8 Å². The molecule has 2 atom stereocenters. The highest BCUT2D eigenvalue weighted by Crippen LogP contribution is 2.31. The summed E-state index contributed by atoms with van der Waals surface area (Å²) in [6.45, 7) is 4.00. The second-order valence-electron chi connectivity index (χ2n) is 6.00. The summed E-state index contributed by atoms with van der Waals surface area (Å²) in [5.41, 5.74) is 1.15. The average Bonchev–Trinajstić information content (AvgIpc) is 2.69. The Hall–Kier alpha value is -2.34. The largest absolute Gasteiger partial charge is 0.493 e. The summed E-state index contributed by atoms with van der Waals surface area (Å²) in [5.74, 6) is 2.18. The molecule has 3 rings (SSSR count). The van der Waals surface area contributed by atoms with Crippen LogP contribution in [0.3, 0.4) is 0 Å². The number of nitrogens with one attached hydrogen (secondary N) is 2. The maximum Gasteiger partial charge on any atom is 0.191 e. The molecule has 6 heteroatoms. The Bertz CT molecular complexity index is 765. The molecule has 0 radical (unpaired) electrons. The van der Waals surface area contributed by atoms with Gasteiger partial charge in [0.1, 0.15) is 5.75 Å². The van der Waals surface area contributed by atoms with E-state index in [1.165, 1.54) is 0 Å². The standard InChI is InChI=1S/C20H25N3O2S/c1-2-21-20(22-13-15-26(24)16-8-4-3-5-9-16)23-18-12-14-25-19-11-7-6-10-17(18)19/h3-11,18H,2,12-15H2,1H3,(H2,21,22,23). The van der Waals surface area contributed by atoms with Crippen molar-refractivity contribution in [1.29, 1.82) is 0 Å². The summed E-state index contributed by atoms with van der Waals surface area (Å²) < 4.78 is 18.0. The topological polar surface area (TPSA) is 62.7 Å². The van der Waals surface area contributed by atoms with E-state index in [9.17, 15) is 4.21 Å². The molecule has 0 amide bonds. The first-order valence-electron chi connectivity index (χ1n) is 8.98. The molecule has 1 aliphatic rings. The summed E-state index contributed by atoms with van der Waals surface area (Å²) in [4.78, 5) is 5.45. The molecule has 0 saturated heterocycles. The van der Waals surface area contributed by atoms with Gasteiger partial charge in [-0.05, 0) is 25.1 Å². The van der Waals surface area contributed by atoms with Crippen LogP contribution in [0.5, 0.6) is 5.75 Å². The molecule has 0 aliphatic carbocycles. The number of guanidine groups is 1. The molecule has 0 spiro atoms. The van der Waals surface area contributed by atoms with Crippen LogP contribution in [0, 0.1) is 0 Å². The number of aliphatic imine (C=N–C) groups is 1. The van der Waals surface area contributed by atoms with Crippen molar-refractivity contribution in [2.45, 2.75) is 24.3 Å². The van der Waals surface area contributed by atoms with Gasteiger partial charge in [-0.2, -0.15) is 0 Å². The Kier molecular flexibility index (Phi) is 6.66. The molecule has 2 aromatic rings. The fourth-order valence-corrected chi connectivity index (χ4v) is 3.86. The predicted octanol–water partition coefficient (Wildman–Crippen LogP) is 2.87. The van der Waals surface area contributed by atoms with E-state index in [1.807, 2.05) is 55.5 Å². The van der Waals surface area contributed by atoms with Gasteiger partial charge in [0.15, 0.2) is 5.96 Å². The number of benzene rings is 2. The molecule has 2 unspecified atom stereocenters. The van der Waals surface area contributed by atoms with Gasteiger partial charge < -0.3 is 15.4 Å². The van der Waals surface area contributed by atoms with Crippen molar-refractivity contribution in [2.75, 3.05) is 25.4 Å². The second-order valence-corrected chi connectivity index (χ2v) is 7.57. The number of hydrogen-bond acceptors (Lipinski definition) is 3. The molecule has 26 heavy (non-hydrogen) atoms. The van der Waals surface area contributed by atoms with Gasteiger partial charge in [-0.1, -0.05) is 36.4 Å². The molecule has 0 saturated carbocycles. The Morgan fingerprint density at radius 1 is 1.19 bits per heavy atom. The number of nitrogens with zero attached hydrogens (tertiary/aromatic N) is 1. The van der Waals surface area contributed by atoms with Crippen LogP contribution >= 0.6 is 0 Å². The van der Waals surface area contributed by atoms with Crippen LogP contribution in [-0.2, 0) is 10.8 Å². The van der Waals surface area contributed by atoms with E-state index in [1.54, 1.807) is 0 Å². The second kappa shape index (κ2) is 9.38. The maximum atomic E-state index is 12.3. The Balaban J connectivity index is 1.62. The van der Waals surface area contributed by atoms with Crippen LogP contribution in [0.4, 0.5) is 0 Å². The van der Waals surface area contributed by atoms with Crippen LogP contribution in [0.1, 0.15) is 24.9 Å². The van der Waals surface area contributed by atoms with Gasteiger partial charge in [-0.25, -0.2) is 0 Å². The van der Waals surface area contributed by atoms with Crippen molar-refractivity contribution >= 4 is 16.8 Å². The fraction of sp³-hybridized carbons (Fsp3) is 0.350. The summed E-state index contributed by atoms with van der Waals surface area (Å²) >= 11 is 0. The minimum Gasteiger partial charge on any atom is -0.493 e. The van der Waals surface area contributed by atoms with Crippen LogP contribution < -0.4 is 15.4 Å². The highest BCUT2D eigenvalue weighted by Gasteiger charge is 2.21.